The Morgan fingerprint density at radius 1 is 1.30 bits per heavy atom. The minimum atomic E-state index is -2.00. The Labute approximate surface area is 131 Å². The number of halogens is 4. The summed E-state index contributed by atoms with van der Waals surface area (Å²) < 4.78 is 21.5. The molecule has 0 heterocycles. The van der Waals surface area contributed by atoms with Crippen LogP contribution in [0, 0.1) is 5.82 Å². The van der Waals surface area contributed by atoms with Crippen molar-refractivity contribution >= 4 is 40.9 Å². The Morgan fingerprint density at radius 2 is 1.90 bits per heavy atom. The van der Waals surface area contributed by atoms with E-state index in [-0.39, 0.29) is 11.9 Å². The molecule has 0 radical (unpaired) electrons. The van der Waals surface area contributed by atoms with E-state index in [9.17, 15) is 9.18 Å². The van der Waals surface area contributed by atoms with Crippen LogP contribution in [0.15, 0.2) is 24.3 Å². The zero-order valence-corrected chi connectivity index (χ0v) is 13.0. The molecule has 0 aliphatic rings. The molecule has 1 aromatic rings. The number of carbonyl (C=O) groups is 1. The fraction of sp³-hybridized carbons (Fsp3) is 0.417. The first-order valence-corrected chi connectivity index (χ1v) is 6.78. The monoisotopic (exact) mass is 343 g/mol. The fourth-order valence-electron chi connectivity index (χ4n) is 1.20. The second-order valence-corrected chi connectivity index (χ2v) is 6.44. The highest BCUT2D eigenvalue weighted by Crippen LogP contribution is 2.32. The molecule has 1 unspecified atom stereocenters. The van der Waals surface area contributed by atoms with Crippen molar-refractivity contribution in [1.82, 2.24) is 5.32 Å². The molecule has 112 valence electrons. The van der Waals surface area contributed by atoms with Gasteiger partial charge in [0.2, 0.25) is 10.0 Å². The number of hydrogen-bond donors (Lipinski definition) is 1. The van der Waals surface area contributed by atoms with E-state index in [2.05, 4.69) is 5.32 Å². The number of amides is 1. The van der Waals surface area contributed by atoms with Gasteiger partial charge in [-0.25, -0.2) is 9.18 Å². The van der Waals surface area contributed by atoms with Gasteiger partial charge in [0.25, 0.3) is 0 Å². The standard InChI is InChI=1S/C12H13Cl3FNO3/c1-7(2)19-11(18)17-10(12(13,14)15)20-9-6-4-3-5-8(9)16/h3-7,10H,1-2H3,(H,17,18). The van der Waals surface area contributed by atoms with E-state index in [1.54, 1.807) is 19.9 Å². The summed E-state index contributed by atoms with van der Waals surface area (Å²) in [5.41, 5.74) is 0. The molecular weight excluding hydrogens is 331 g/mol. The van der Waals surface area contributed by atoms with Gasteiger partial charge in [-0.05, 0) is 26.0 Å². The molecule has 4 nitrogen and oxygen atoms in total. The predicted molar refractivity (Wildman–Crippen MR) is 75.9 cm³/mol. The molecular formula is C12H13Cl3FNO3. The lowest BCUT2D eigenvalue weighted by Gasteiger charge is -2.26. The number of hydrogen-bond acceptors (Lipinski definition) is 3. The van der Waals surface area contributed by atoms with Crippen LogP contribution in [-0.2, 0) is 4.74 Å². The van der Waals surface area contributed by atoms with E-state index in [4.69, 9.17) is 44.3 Å². The fourth-order valence-corrected chi connectivity index (χ4v) is 1.50. The van der Waals surface area contributed by atoms with Gasteiger partial charge in [-0.1, -0.05) is 46.9 Å². The van der Waals surface area contributed by atoms with E-state index < -0.39 is 21.9 Å². The summed E-state index contributed by atoms with van der Waals surface area (Å²) in [6, 6.07) is 5.54. The van der Waals surface area contributed by atoms with E-state index >= 15 is 0 Å². The van der Waals surface area contributed by atoms with Crippen LogP contribution in [0.2, 0.25) is 0 Å². The number of ether oxygens (including phenoxy) is 2. The number of benzene rings is 1. The van der Waals surface area contributed by atoms with E-state index in [0.717, 1.165) is 0 Å². The molecule has 1 amide bonds. The van der Waals surface area contributed by atoms with Gasteiger partial charge in [0.05, 0.1) is 6.10 Å². The molecule has 0 fully saturated rings. The molecule has 8 heteroatoms. The number of para-hydroxylation sites is 1. The van der Waals surface area contributed by atoms with Crippen molar-refractivity contribution < 1.29 is 18.7 Å². The molecule has 0 aromatic heterocycles. The van der Waals surface area contributed by atoms with E-state index in [1.165, 1.54) is 18.2 Å². The lowest BCUT2D eigenvalue weighted by molar-refractivity contribution is 0.0885. The molecule has 0 spiro atoms. The summed E-state index contributed by atoms with van der Waals surface area (Å²) in [5, 5.41) is 2.22. The van der Waals surface area contributed by atoms with Gasteiger partial charge < -0.3 is 9.47 Å². The van der Waals surface area contributed by atoms with Crippen LogP contribution in [0.1, 0.15) is 13.8 Å². The van der Waals surface area contributed by atoms with Crippen LogP contribution in [0.3, 0.4) is 0 Å². The summed E-state index contributed by atoms with van der Waals surface area (Å²) in [6.07, 6.45) is -2.61. The molecule has 1 N–H and O–H groups in total. The SMILES string of the molecule is CC(C)OC(=O)NC(Oc1ccccc1F)C(Cl)(Cl)Cl. The average molecular weight is 345 g/mol. The zero-order chi connectivity index (χ0) is 15.3. The minimum absolute atomic E-state index is 0.159. The third-order valence-electron chi connectivity index (χ3n) is 1.97. The van der Waals surface area contributed by atoms with Crippen LogP contribution >= 0.6 is 34.8 Å². The maximum Gasteiger partial charge on any atom is 0.410 e. The minimum Gasteiger partial charge on any atom is -0.463 e. The Hall–Kier alpha value is -0.910. The van der Waals surface area contributed by atoms with Gasteiger partial charge in [-0.2, -0.15) is 0 Å². The first-order chi connectivity index (χ1) is 9.20. The summed E-state index contributed by atoms with van der Waals surface area (Å²) in [4.78, 5) is 11.5. The topological polar surface area (TPSA) is 47.6 Å². The summed E-state index contributed by atoms with van der Waals surface area (Å²) in [7, 11) is 0. The Balaban J connectivity index is 2.81. The van der Waals surface area contributed by atoms with Crippen molar-refractivity contribution in [2.45, 2.75) is 30.0 Å². The zero-order valence-electron chi connectivity index (χ0n) is 10.7. The van der Waals surface area contributed by atoms with E-state index in [1.807, 2.05) is 0 Å². The van der Waals surface area contributed by atoms with Crippen LogP contribution in [0.5, 0.6) is 5.75 Å². The van der Waals surface area contributed by atoms with Crippen LogP contribution in [0.25, 0.3) is 0 Å². The lowest BCUT2D eigenvalue weighted by Crippen LogP contribution is -2.48. The number of alkyl halides is 3. The number of carbonyl (C=O) groups excluding carboxylic acids is 1. The van der Waals surface area contributed by atoms with Crippen molar-refractivity contribution in [3.63, 3.8) is 0 Å². The van der Waals surface area contributed by atoms with Crippen molar-refractivity contribution in [1.29, 1.82) is 0 Å². The highest BCUT2D eigenvalue weighted by molar-refractivity contribution is 6.68. The molecule has 20 heavy (non-hydrogen) atoms. The number of nitrogens with one attached hydrogen (secondary N) is 1. The summed E-state index contributed by atoms with van der Waals surface area (Å²) >= 11 is 17.1. The van der Waals surface area contributed by atoms with Crippen molar-refractivity contribution in [3.05, 3.63) is 30.1 Å². The van der Waals surface area contributed by atoms with E-state index in [0.29, 0.717) is 0 Å². The first-order valence-electron chi connectivity index (χ1n) is 5.65. The van der Waals surface area contributed by atoms with Crippen molar-refractivity contribution in [2.75, 3.05) is 0 Å². The normalized spacial score (nSPS) is 12.9. The van der Waals surface area contributed by atoms with Gasteiger partial charge in [0.15, 0.2) is 11.6 Å². The van der Waals surface area contributed by atoms with Gasteiger partial charge >= 0.3 is 6.09 Å². The maximum absolute atomic E-state index is 13.5. The van der Waals surface area contributed by atoms with Gasteiger partial charge in [-0.15, -0.1) is 0 Å². The van der Waals surface area contributed by atoms with Gasteiger partial charge in [-0.3, -0.25) is 5.32 Å². The Morgan fingerprint density at radius 3 is 2.40 bits per heavy atom. The van der Waals surface area contributed by atoms with Crippen molar-refractivity contribution in [3.8, 4) is 5.75 Å². The highest BCUT2D eigenvalue weighted by atomic mass is 35.6. The summed E-state index contributed by atoms with van der Waals surface area (Å²) in [5.74, 6) is -0.806. The van der Waals surface area contributed by atoms with Gasteiger partial charge in [0.1, 0.15) is 0 Å². The number of rotatable bonds is 4. The predicted octanol–water partition coefficient (Wildman–Crippen LogP) is 4.04. The third-order valence-corrected chi connectivity index (χ3v) is 2.57. The summed E-state index contributed by atoms with van der Waals surface area (Å²) in [6.45, 7) is 3.31. The first kappa shape index (κ1) is 17.1. The van der Waals surface area contributed by atoms with Gasteiger partial charge in [0, 0.05) is 0 Å². The molecule has 1 atom stereocenters. The second kappa shape index (κ2) is 7.20. The Bertz CT molecular complexity index is 466. The number of alkyl carbamates (subject to hydrolysis) is 1. The van der Waals surface area contributed by atoms with Crippen LogP contribution in [-0.4, -0.2) is 22.2 Å². The molecule has 0 aliphatic carbocycles. The average Bonchev–Trinajstić information content (AvgIpc) is 2.28. The lowest BCUT2D eigenvalue weighted by atomic mass is 10.3. The van der Waals surface area contributed by atoms with Crippen LogP contribution < -0.4 is 10.1 Å². The molecule has 1 rings (SSSR count). The van der Waals surface area contributed by atoms with Crippen molar-refractivity contribution in [2.24, 2.45) is 0 Å². The molecule has 0 bridgehead atoms. The molecule has 1 aromatic carbocycles. The highest BCUT2D eigenvalue weighted by Gasteiger charge is 2.37. The molecule has 0 aliphatic heterocycles. The quantitative estimate of drug-likeness (QED) is 0.662. The largest absolute Gasteiger partial charge is 0.463 e. The third kappa shape index (κ3) is 5.61. The smallest absolute Gasteiger partial charge is 0.410 e. The molecule has 0 saturated carbocycles. The Kier molecular flexibility index (Phi) is 6.17. The van der Waals surface area contributed by atoms with Crippen LogP contribution in [0.4, 0.5) is 9.18 Å². The molecule has 0 saturated heterocycles. The maximum atomic E-state index is 13.5. The second-order valence-electron chi connectivity index (χ2n) is 4.07.